The average molecular weight is 421 g/mol. The Morgan fingerprint density at radius 2 is 1.93 bits per heavy atom. The van der Waals surface area contributed by atoms with E-state index in [4.69, 9.17) is 21.1 Å². The zero-order valence-electron chi connectivity index (χ0n) is 16.0. The Hall–Kier alpha value is -3.82. The number of halogens is 1. The van der Waals surface area contributed by atoms with Crippen LogP contribution >= 0.6 is 11.6 Å². The lowest BCUT2D eigenvalue weighted by atomic mass is 10.0. The molecule has 30 heavy (non-hydrogen) atoms. The van der Waals surface area contributed by atoms with E-state index in [9.17, 15) is 15.4 Å². The van der Waals surface area contributed by atoms with Crippen LogP contribution in [0.25, 0.3) is 11.6 Å². The maximum Gasteiger partial charge on any atom is 0.270 e. The molecule has 0 unspecified atom stereocenters. The fourth-order valence-corrected chi connectivity index (χ4v) is 3.10. The van der Waals surface area contributed by atoms with E-state index in [1.807, 2.05) is 30.3 Å². The van der Waals surface area contributed by atoms with Gasteiger partial charge in [-0.3, -0.25) is 10.1 Å². The predicted molar refractivity (Wildman–Crippen MR) is 115 cm³/mol. The van der Waals surface area contributed by atoms with Gasteiger partial charge in [0.05, 0.1) is 28.7 Å². The third kappa shape index (κ3) is 4.96. The number of nitriles is 1. The smallest absolute Gasteiger partial charge is 0.270 e. The lowest BCUT2D eigenvalue weighted by molar-refractivity contribution is -0.384. The minimum atomic E-state index is -0.503. The molecule has 0 aliphatic rings. The van der Waals surface area contributed by atoms with Crippen LogP contribution < -0.4 is 9.47 Å². The quantitative estimate of drug-likeness (QED) is 0.205. The number of nitro benzene ring substituents is 1. The Morgan fingerprint density at radius 3 is 2.60 bits per heavy atom. The van der Waals surface area contributed by atoms with Crippen LogP contribution in [0.5, 0.6) is 11.5 Å². The summed E-state index contributed by atoms with van der Waals surface area (Å²) >= 11 is 6.41. The monoisotopic (exact) mass is 420 g/mol. The summed E-state index contributed by atoms with van der Waals surface area (Å²) in [5.41, 5.74) is 2.19. The van der Waals surface area contributed by atoms with Crippen molar-refractivity contribution < 1.29 is 14.4 Å². The van der Waals surface area contributed by atoms with Gasteiger partial charge < -0.3 is 9.47 Å². The minimum Gasteiger partial charge on any atom is -0.493 e. The van der Waals surface area contributed by atoms with Gasteiger partial charge in [-0.1, -0.05) is 54.1 Å². The zero-order chi connectivity index (χ0) is 21.5. The Morgan fingerprint density at radius 1 is 1.17 bits per heavy atom. The van der Waals surface area contributed by atoms with Crippen LogP contribution in [0.15, 0.2) is 66.7 Å². The standard InChI is InChI=1S/C23H17ClN2O4/c1-29-22-12-17(10-19(14-25)18-8-5-9-20(13-18)26(27)28)11-21(24)23(22)30-15-16-6-3-2-4-7-16/h2-13H,15H2,1H3. The van der Waals surface area contributed by atoms with Gasteiger partial charge in [-0.2, -0.15) is 5.26 Å². The summed E-state index contributed by atoms with van der Waals surface area (Å²) in [4.78, 5) is 10.5. The first-order valence-corrected chi connectivity index (χ1v) is 9.30. The number of nitro groups is 1. The number of hydrogen-bond acceptors (Lipinski definition) is 5. The molecule has 0 radical (unpaired) electrons. The molecule has 3 aromatic rings. The molecule has 150 valence electrons. The second-order valence-electron chi connectivity index (χ2n) is 6.29. The summed E-state index contributed by atoms with van der Waals surface area (Å²) < 4.78 is 11.3. The molecule has 0 aromatic heterocycles. The van der Waals surface area contributed by atoms with Gasteiger partial charge >= 0.3 is 0 Å². The van der Waals surface area contributed by atoms with Crippen molar-refractivity contribution in [1.82, 2.24) is 0 Å². The van der Waals surface area contributed by atoms with E-state index < -0.39 is 4.92 Å². The molecule has 0 spiro atoms. The van der Waals surface area contributed by atoms with Crippen molar-refractivity contribution in [3.8, 4) is 17.6 Å². The first kappa shape index (κ1) is 20.9. The van der Waals surface area contributed by atoms with E-state index >= 15 is 0 Å². The molecular weight excluding hydrogens is 404 g/mol. The van der Waals surface area contributed by atoms with Crippen LogP contribution in [0.4, 0.5) is 5.69 Å². The number of rotatable bonds is 7. The Labute approximate surface area is 178 Å². The molecule has 0 amide bonds. The Kier molecular flexibility index (Phi) is 6.68. The molecule has 0 N–H and O–H groups in total. The molecule has 0 saturated carbocycles. The molecule has 0 bridgehead atoms. The SMILES string of the molecule is COc1cc(C=C(C#N)c2cccc([N+](=O)[O-])c2)cc(Cl)c1OCc1ccccc1. The molecule has 3 rings (SSSR count). The minimum absolute atomic E-state index is 0.0890. The van der Waals surface area contributed by atoms with E-state index in [1.165, 1.54) is 25.3 Å². The second kappa shape index (κ2) is 9.59. The average Bonchev–Trinajstić information content (AvgIpc) is 2.77. The molecule has 0 heterocycles. The van der Waals surface area contributed by atoms with Gasteiger partial charge in [0.25, 0.3) is 5.69 Å². The molecule has 0 saturated heterocycles. The molecule has 0 atom stereocenters. The van der Waals surface area contributed by atoms with Gasteiger partial charge in [-0.15, -0.1) is 0 Å². The molecule has 0 fully saturated rings. The van der Waals surface area contributed by atoms with Crippen molar-refractivity contribution >= 4 is 28.9 Å². The van der Waals surface area contributed by atoms with E-state index in [0.29, 0.717) is 34.3 Å². The van der Waals surface area contributed by atoms with Crippen LogP contribution in [0, 0.1) is 21.4 Å². The third-order valence-corrected chi connectivity index (χ3v) is 4.56. The van der Waals surface area contributed by atoms with Crippen LogP contribution in [0.1, 0.15) is 16.7 Å². The van der Waals surface area contributed by atoms with Crippen molar-refractivity contribution in [2.24, 2.45) is 0 Å². The highest BCUT2D eigenvalue weighted by Gasteiger charge is 2.14. The summed E-state index contributed by atoms with van der Waals surface area (Å²) in [6, 6.07) is 21.0. The molecular formula is C23H17ClN2O4. The lowest BCUT2D eigenvalue weighted by Crippen LogP contribution is -1.99. The van der Waals surface area contributed by atoms with E-state index in [0.717, 1.165) is 5.56 Å². The number of allylic oxidation sites excluding steroid dienone is 1. The second-order valence-corrected chi connectivity index (χ2v) is 6.69. The largest absolute Gasteiger partial charge is 0.493 e. The van der Waals surface area contributed by atoms with Crippen molar-refractivity contribution in [2.75, 3.05) is 7.11 Å². The molecule has 0 aliphatic heterocycles. The highest BCUT2D eigenvalue weighted by Crippen LogP contribution is 2.38. The number of benzene rings is 3. The predicted octanol–water partition coefficient (Wildman–Crippen LogP) is 5.90. The molecule has 3 aromatic carbocycles. The Bertz CT molecular complexity index is 1140. The maximum absolute atomic E-state index is 11.0. The van der Waals surface area contributed by atoms with Gasteiger partial charge in [0.1, 0.15) is 6.61 Å². The highest BCUT2D eigenvalue weighted by atomic mass is 35.5. The highest BCUT2D eigenvalue weighted by molar-refractivity contribution is 6.32. The maximum atomic E-state index is 11.0. The lowest BCUT2D eigenvalue weighted by Gasteiger charge is -2.13. The summed E-state index contributed by atoms with van der Waals surface area (Å²) in [6.45, 7) is 0.323. The van der Waals surface area contributed by atoms with Crippen molar-refractivity contribution in [1.29, 1.82) is 5.26 Å². The third-order valence-electron chi connectivity index (χ3n) is 4.28. The number of nitrogens with zero attached hydrogens (tertiary/aromatic N) is 2. The first-order chi connectivity index (χ1) is 14.5. The fourth-order valence-electron chi connectivity index (χ4n) is 2.83. The summed E-state index contributed by atoms with van der Waals surface area (Å²) in [5.74, 6) is 0.815. The number of non-ortho nitro benzene ring substituents is 1. The van der Waals surface area contributed by atoms with Crippen molar-refractivity contribution in [3.63, 3.8) is 0 Å². The van der Waals surface area contributed by atoms with Gasteiger partial charge in [-0.25, -0.2) is 0 Å². The molecule has 7 heteroatoms. The number of hydrogen-bond donors (Lipinski definition) is 0. The van der Waals surface area contributed by atoms with Crippen LogP contribution in [0.3, 0.4) is 0 Å². The van der Waals surface area contributed by atoms with Crippen molar-refractivity contribution in [2.45, 2.75) is 6.61 Å². The van der Waals surface area contributed by atoms with E-state index in [-0.39, 0.29) is 11.3 Å². The molecule has 6 nitrogen and oxygen atoms in total. The Balaban J connectivity index is 1.92. The van der Waals surface area contributed by atoms with Gasteiger partial charge in [0.15, 0.2) is 11.5 Å². The van der Waals surface area contributed by atoms with Gasteiger partial charge in [0.2, 0.25) is 0 Å². The topological polar surface area (TPSA) is 85.4 Å². The van der Waals surface area contributed by atoms with Gasteiger partial charge in [-0.05, 0) is 34.9 Å². The summed E-state index contributed by atoms with van der Waals surface area (Å²) in [7, 11) is 1.50. The van der Waals surface area contributed by atoms with Crippen molar-refractivity contribution in [3.05, 3.63) is 98.6 Å². The normalized spacial score (nSPS) is 10.9. The first-order valence-electron chi connectivity index (χ1n) is 8.92. The zero-order valence-corrected chi connectivity index (χ0v) is 16.8. The van der Waals surface area contributed by atoms with Crippen LogP contribution in [0.2, 0.25) is 5.02 Å². The number of ether oxygens (including phenoxy) is 2. The molecule has 0 aliphatic carbocycles. The van der Waals surface area contributed by atoms with E-state index in [1.54, 1.807) is 24.3 Å². The van der Waals surface area contributed by atoms with E-state index in [2.05, 4.69) is 6.07 Å². The van der Waals surface area contributed by atoms with Crippen LogP contribution in [-0.2, 0) is 6.61 Å². The van der Waals surface area contributed by atoms with Gasteiger partial charge in [0, 0.05) is 12.1 Å². The summed E-state index contributed by atoms with van der Waals surface area (Å²) in [5, 5.41) is 20.9. The number of methoxy groups -OCH3 is 1. The van der Waals surface area contributed by atoms with Crippen LogP contribution in [-0.4, -0.2) is 12.0 Å². The fraction of sp³-hybridized carbons (Fsp3) is 0.0870. The summed E-state index contributed by atoms with van der Waals surface area (Å²) in [6.07, 6.45) is 1.59.